The molecule has 0 saturated carbocycles. The predicted octanol–water partition coefficient (Wildman–Crippen LogP) is 3.21. The molecule has 0 aliphatic carbocycles. The van der Waals surface area contributed by atoms with Gasteiger partial charge in [-0.1, -0.05) is 34.6 Å². The Bertz CT molecular complexity index is 670. The summed E-state index contributed by atoms with van der Waals surface area (Å²) in [7, 11) is 0. The highest BCUT2D eigenvalue weighted by atomic mass is 15.3. The zero-order chi connectivity index (χ0) is 15.9. The number of hydrogen-bond acceptors (Lipinski definition) is 5. The number of nitrogens with zero attached hydrogens (tertiary/aromatic N) is 5. The summed E-state index contributed by atoms with van der Waals surface area (Å²) in [6.45, 7) is 12.2. The smallest absolute Gasteiger partial charge is 0.151 e. The molecule has 0 unspecified atom stereocenters. The highest BCUT2D eigenvalue weighted by Gasteiger charge is 2.25. The van der Waals surface area contributed by atoms with Crippen LogP contribution in [0.4, 0.5) is 5.82 Å². The van der Waals surface area contributed by atoms with Crippen LogP contribution in [-0.2, 0) is 18.5 Å². The number of anilines is 1. The van der Waals surface area contributed by atoms with Gasteiger partial charge < -0.3 is 4.90 Å². The van der Waals surface area contributed by atoms with Gasteiger partial charge in [0.25, 0.3) is 0 Å². The molecule has 0 N–H and O–H groups in total. The molecule has 0 saturated heterocycles. The lowest BCUT2D eigenvalue weighted by Gasteiger charge is -2.16. The third-order valence-corrected chi connectivity index (χ3v) is 3.91. The van der Waals surface area contributed by atoms with Crippen molar-refractivity contribution >= 4 is 5.82 Å². The quantitative estimate of drug-likeness (QED) is 0.852. The molecular weight excluding hydrogens is 274 g/mol. The Morgan fingerprint density at radius 1 is 1.09 bits per heavy atom. The summed E-state index contributed by atoms with van der Waals surface area (Å²) in [4.78, 5) is 11.5. The normalized spacial score (nSPS) is 14.5. The summed E-state index contributed by atoms with van der Waals surface area (Å²) >= 11 is 0. The lowest BCUT2D eigenvalue weighted by Crippen LogP contribution is -2.18. The van der Waals surface area contributed by atoms with Crippen molar-refractivity contribution in [3.8, 4) is 0 Å². The Kier molecular flexibility index (Phi) is 3.59. The maximum absolute atomic E-state index is 4.75. The average Bonchev–Trinajstić information content (AvgIpc) is 2.89. The van der Waals surface area contributed by atoms with Gasteiger partial charge >= 0.3 is 0 Å². The van der Waals surface area contributed by atoms with E-state index >= 15 is 0 Å². The van der Waals surface area contributed by atoms with Crippen LogP contribution in [-0.4, -0.2) is 20.2 Å². The average molecular weight is 297 g/mol. The monoisotopic (exact) mass is 297 g/mol. The minimum Gasteiger partial charge on any atom is -0.345 e. The van der Waals surface area contributed by atoms with E-state index in [0.717, 1.165) is 36.1 Å². The first-order valence-electron chi connectivity index (χ1n) is 7.78. The van der Waals surface area contributed by atoms with Gasteiger partial charge in [-0.25, -0.2) is 9.97 Å². The van der Waals surface area contributed by atoms with Crippen LogP contribution in [0, 0.1) is 0 Å². The standard InChI is InChI=1S/C17H23N5/c1-11(2)13-6-7-15(21-20-13)22-9-12-8-18-16(17(3,4)5)19-14(12)10-22/h6-8,11H,9-10H2,1-5H3. The maximum atomic E-state index is 4.75. The van der Waals surface area contributed by atoms with Crippen molar-refractivity contribution in [3.05, 3.63) is 41.1 Å². The molecule has 0 amide bonds. The Morgan fingerprint density at radius 3 is 2.45 bits per heavy atom. The summed E-state index contributed by atoms with van der Waals surface area (Å²) < 4.78 is 0. The van der Waals surface area contributed by atoms with E-state index < -0.39 is 0 Å². The van der Waals surface area contributed by atoms with E-state index in [2.05, 4.69) is 60.8 Å². The Morgan fingerprint density at radius 2 is 1.86 bits per heavy atom. The van der Waals surface area contributed by atoms with Gasteiger partial charge in [-0.05, 0) is 18.1 Å². The molecule has 1 aliphatic heterocycles. The third kappa shape index (κ3) is 2.80. The fourth-order valence-electron chi connectivity index (χ4n) is 2.49. The van der Waals surface area contributed by atoms with Gasteiger partial charge in [-0.15, -0.1) is 5.10 Å². The van der Waals surface area contributed by atoms with Crippen molar-refractivity contribution in [1.29, 1.82) is 0 Å². The highest BCUT2D eigenvalue weighted by Crippen LogP contribution is 2.27. The molecular formula is C17H23N5. The van der Waals surface area contributed by atoms with Crippen LogP contribution in [0.2, 0.25) is 0 Å². The lowest BCUT2D eigenvalue weighted by atomic mass is 9.95. The van der Waals surface area contributed by atoms with Crippen molar-refractivity contribution in [3.63, 3.8) is 0 Å². The van der Waals surface area contributed by atoms with Crippen molar-refractivity contribution < 1.29 is 0 Å². The molecule has 3 heterocycles. The molecule has 1 aliphatic rings. The van der Waals surface area contributed by atoms with Crippen LogP contribution < -0.4 is 4.90 Å². The van der Waals surface area contributed by atoms with Crippen molar-refractivity contribution in [2.45, 2.75) is 59.0 Å². The molecule has 0 atom stereocenters. The molecule has 3 rings (SSSR count). The van der Waals surface area contributed by atoms with Gasteiger partial charge in [0.2, 0.25) is 0 Å². The SMILES string of the molecule is CC(C)c1ccc(N2Cc3cnc(C(C)(C)C)nc3C2)nn1. The van der Waals surface area contributed by atoms with E-state index in [-0.39, 0.29) is 5.41 Å². The van der Waals surface area contributed by atoms with E-state index in [1.165, 1.54) is 5.56 Å². The van der Waals surface area contributed by atoms with Crippen molar-refractivity contribution in [2.24, 2.45) is 0 Å². The topological polar surface area (TPSA) is 54.8 Å². The van der Waals surface area contributed by atoms with Gasteiger partial charge in [0.1, 0.15) is 5.82 Å². The van der Waals surface area contributed by atoms with Crippen molar-refractivity contribution in [1.82, 2.24) is 20.2 Å². The number of fused-ring (bicyclic) bond motifs is 1. The van der Waals surface area contributed by atoms with E-state index in [0.29, 0.717) is 5.92 Å². The summed E-state index contributed by atoms with van der Waals surface area (Å²) in [5.74, 6) is 2.20. The maximum Gasteiger partial charge on any atom is 0.151 e. The molecule has 0 aromatic carbocycles. The van der Waals surface area contributed by atoms with Crippen LogP contribution in [0.1, 0.15) is 63.3 Å². The third-order valence-electron chi connectivity index (χ3n) is 3.91. The largest absolute Gasteiger partial charge is 0.345 e. The Labute approximate surface area is 131 Å². The lowest BCUT2D eigenvalue weighted by molar-refractivity contribution is 0.541. The molecule has 2 aromatic heterocycles. The van der Waals surface area contributed by atoms with E-state index in [1.54, 1.807) is 0 Å². The minimum atomic E-state index is -0.0266. The molecule has 0 spiro atoms. The van der Waals surface area contributed by atoms with Gasteiger partial charge in [0, 0.05) is 23.7 Å². The zero-order valence-corrected chi connectivity index (χ0v) is 14.0. The molecule has 0 radical (unpaired) electrons. The second-order valence-corrected chi connectivity index (χ2v) is 7.24. The van der Waals surface area contributed by atoms with E-state index in [1.807, 2.05) is 12.3 Å². The minimum absolute atomic E-state index is 0.0266. The van der Waals surface area contributed by atoms with E-state index in [9.17, 15) is 0 Å². The molecule has 5 heteroatoms. The van der Waals surface area contributed by atoms with Gasteiger partial charge in [0.15, 0.2) is 5.82 Å². The fraction of sp³-hybridized carbons (Fsp3) is 0.529. The predicted molar refractivity (Wildman–Crippen MR) is 86.7 cm³/mol. The first kappa shape index (κ1) is 14.9. The Hall–Kier alpha value is -2.04. The summed E-state index contributed by atoms with van der Waals surface area (Å²) in [6.07, 6.45) is 1.96. The van der Waals surface area contributed by atoms with Gasteiger partial charge in [0.05, 0.1) is 17.9 Å². The first-order valence-corrected chi connectivity index (χ1v) is 7.78. The highest BCUT2D eigenvalue weighted by molar-refractivity contribution is 5.44. The second-order valence-electron chi connectivity index (χ2n) is 7.24. The molecule has 2 aromatic rings. The van der Waals surface area contributed by atoms with Crippen LogP contribution in [0.3, 0.4) is 0 Å². The van der Waals surface area contributed by atoms with Gasteiger partial charge in [-0.3, -0.25) is 0 Å². The van der Waals surface area contributed by atoms with Crippen LogP contribution in [0.25, 0.3) is 0 Å². The van der Waals surface area contributed by atoms with Crippen molar-refractivity contribution in [2.75, 3.05) is 4.90 Å². The van der Waals surface area contributed by atoms with E-state index in [4.69, 9.17) is 4.98 Å². The summed E-state index contributed by atoms with van der Waals surface area (Å²) in [6, 6.07) is 4.11. The molecule has 116 valence electrons. The van der Waals surface area contributed by atoms with Crippen LogP contribution >= 0.6 is 0 Å². The molecule has 22 heavy (non-hydrogen) atoms. The molecule has 0 bridgehead atoms. The number of rotatable bonds is 2. The zero-order valence-electron chi connectivity index (χ0n) is 14.0. The second kappa shape index (κ2) is 5.30. The van der Waals surface area contributed by atoms with Gasteiger partial charge in [-0.2, -0.15) is 5.10 Å². The van der Waals surface area contributed by atoms with Crippen LogP contribution in [0.5, 0.6) is 0 Å². The molecule has 5 nitrogen and oxygen atoms in total. The molecule has 0 fully saturated rings. The summed E-state index contributed by atoms with van der Waals surface area (Å²) in [5, 5.41) is 8.68. The van der Waals surface area contributed by atoms with Crippen LogP contribution in [0.15, 0.2) is 18.3 Å². The fourth-order valence-corrected chi connectivity index (χ4v) is 2.49. The number of hydrogen-bond donors (Lipinski definition) is 0. The summed E-state index contributed by atoms with van der Waals surface area (Å²) in [5.41, 5.74) is 3.29. The number of aromatic nitrogens is 4. The Balaban J connectivity index is 1.82. The first-order chi connectivity index (χ1) is 10.3.